The zero-order valence-corrected chi connectivity index (χ0v) is 13.1. The average molecular weight is 292 g/mol. The minimum Gasteiger partial charge on any atom is -0.324 e. The highest BCUT2D eigenvalue weighted by molar-refractivity contribution is 7.99. The smallest absolute Gasteiger partial charge is 0.197 e. The van der Waals surface area contributed by atoms with Crippen LogP contribution in [0.5, 0.6) is 0 Å². The molecule has 0 saturated carbocycles. The third-order valence-electron chi connectivity index (χ3n) is 2.74. The van der Waals surface area contributed by atoms with E-state index < -0.39 is 0 Å². The molecule has 0 aliphatic heterocycles. The van der Waals surface area contributed by atoms with Crippen molar-refractivity contribution in [1.29, 1.82) is 0 Å². The Morgan fingerprint density at radius 3 is 2.70 bits per heavy atom. The lowest BCUT2D eigenvalue weighted by Crippen LogP contribution is -2.13. The second-order valence-corrected chi connectivity index (χ2v) is 6.07. The van der Waals surface area contributed by atoms with Gasteiger partial charge in [0.1, 0.15) is 10.9 Å². The van der Waals surface area contributed by atoms with E-state index in [1.54, 1.807) is 6.20 Å². The minimum absolute atomic E-state index is 0.388. The monoisotopic (exact) mass is 292 g/mol. The topological polar surface area (TPSA) is 82.5 Å². The third-order valence-corrected chi connectivity index (χ3v) is 3.81. The van der Waals surface area contributed by atoms with Crippen molar-refractivity contribution in [2.24, 2.45) is 11.7 Å². The van der Waals surface area contributed by atoms with Crippen LogP contribution in [0.15, 0.2) is 16.4 Å². The Morgan fingerprint density at radius 2 is 2.05 bits per heavy atom. The first-order valence-electron chi connectivity index (χ1n) is 6.61. The number of rotatable bonds is 5. The molecule has 2 N–H and O–H groups in total. The van der Waals surface area contributed by atoms with Gasteiger partial charge in [-0.25, -0.2) is 4.98 Å². The van der Waals surface area contributed by atoms with Crippen LogP contribution in [0.3, 0.4) is 0 Å². The molecular weight excluding hydrogens is 272 g/mol. The van der Waals surface area contributed by atoms with Gasteiger partial charge < -0.3 is 10.3 Å². The van der Waals surface area contributed by atoms with Crippen LogP contribution >= 0.6 is 11.8 Å². The molecule has 20 heavy (non-hydrogen) atoms. The van der Waals surface area contributed by atoms with Gasteiger partial charge in [-0.05, 0) is 31.5 Å². The van der Waals surface area contributed by atoms with Gasteiger partial charge in [-0.3, -0.25) is 4.98 Å². The number of hydrogen-bond acceptors (Lipinski definition) is 6. The first kappa shape index (κ1) is 14.9. The number of hydrogen-bond donors (Lipinski definition) is 1. The standard InChI is InChI=1S/C13H20N6S/c1-8(2)7-19-11(5-14)17-18-13(19)20-12-10(4)15-6-9(3)16-12/h6,8H,5,7,14H2,1-4H3. The molecule has 2 rings (SSSR count). The van der Waals surface area contributed by atoms with Gasteiger partial charge in [0.15, 0.2) is 5.16 Å². The zero-order chi connectivity index (χ0) is 14.7. The SMILES string of the molecule is Cc1cnc(C)c(Sc2nnc(CN)n2CC(C)C)n1. The molecule has 0 aromatic carbocycles. The summed E-state index contributed by atoms with van der Waals surface area (Å²) in [6.45, 7) is 9.43. The summed E-state index contributed by atoms with van der Waals surface area (Å²) in [4.78, 5) is 8.84. The van der Waals surface area contributed by atoms with Gasteiger partial charge in [-0.2, -0.15) is 0 Å². The molecule has 0 unspecified atom stereocenters. The van der Waals surface area contributed by atoms with E-state index in [1.165, 1.54) is 11.8 Å². The molecular formula is C13H20N6S. The molecule has 0 radical (unpaired) electrons. The number of aryl methyl sites for hydroxylation is 2. The molecule has 2 aromatic heterocycles. The van der Waals surface area contributed by atoms with Gasteiger partial charge in [-0.1, -0.05) is 13.8 Å². The van der Waals surface area contributed by atoms with Crippen LogP contribution in [-0.2, 0) is 13.1 Å². The molecule has 0 saturated heterocycles. The Labute approximate surface area is 123 Å². The molecule has 0 aliphatic rings. The lowest BCUT2D eigenvalue weighted by Gasteiger charge is -2.11. The van der Waals surface area contributed by atoms with E-state index >= 15 is 0 Å². The van der Waals surface area contributed by atoms with Crippen LogP contribution in [0, 0.1) is 19.8 Å². The fraction of sp³-hybridized carbons (Fsp3) is 0.538. The van der Waals surface area contributed by atoms with E-state index in [0.29, 0.717) is 12.5 Å². The molecule has 0 fully saturated rings. The Bertz CT molecular complexity index is 593. The Morgan fingerprint density at radius 1 is 1.30 bits per heavy atom. The van der Waals surface area contributed by atoms with Gasteiger partial charge in [0, 0.05) is 12.7 Å². The van der Waals surface area contributed by atoms with Gasteiger partial charge in [0.05, 0.1) is 17.9 Å². The van der Waals surface area contributed by atoms with Crippen LogP contribution in [0.25, 0.3) is 0 Å². The first-order chi connectivity index (χ1) is 9.51. The van der Waals surface area contributed by atoms with Gasteiger partial charge >= 0.3 is 0 Å². The van der Waals surface area contributed by atoms with Crippen molar-refractivity contribution in [3.63, 3.8) is 0 Å². The quantitative estimate of drug-likeness (QED) is 0.907. The molecule has 6 nitrogen and oxygen atoms in total. The van der Waals surface area contributed by atoms with Crippen molar-refractivity contribution in [3.05, 3.63) is 23.4 Å². The molecule has 2 heterocycles. The van der Waals surface area contributed by atoms with Crippen LogP contribution < -0.4 is 5.73 Å². The summed E-state index contributed by atoms with van der Waals surface area (Å²) in [5.41, 5.74) is 7.52. The summed E-state index contributed by atoms with van der Waals surface area (Å²) in [6, 6.07) is 0. The largest absolute Gasteiger partial charge is 0.324 e. The number of aromatic nitrogens is 5. The molecule has 0 atom stereocenters. The van der Waals surface area contributed by atoms with Crippen LogP contribution in [0.2, 0.25) is 0 Å². The van der Waals surface area contributed by atoms with E-state index in [2.05, 4.69) is 38.6 Å². The van der Waals surface area contributed by atoms with Crippen molar-refractivity contribution in [2.75, 3.05) is 0 Å². The predicted octanol–water partition coefficient (Wildman–Crippen LogP) is 1.95. The second-order valence-electron chi connectivity index (χ2n) is 5.11. The highest BCUT2D eigenvalue weighted by Crippen LogP contribution is 2.27. The first-order valence-corrected chi connectivity index (χ1v) is 7.43. The molecule has 0 spiro atoms. The van der Waals surface area contributed by atoms with Gasteiger partial charge in [-0.15, -0.1) is 10.2 Å². The Hall–Kier alpha value is -1.47. The zero-order valence-electron chi connectivity index (χ0n) is 12.3. The maximum Gasteiger partial charge on any atom is 0.197 e. The fourth-order valence-electron chi connectivity index (χ4n) is 1.79. The summed E-state index contributed by atoms with van der Waals surface area (Å²) < 4.78 is 2.07. The van der Waals surface area contributed by atoms with E-state index in [1.807, 2.05) is 13.8 Å². The third kappa shape index (κ3) is 3.34. The van der Waals surface area contributed by atoms with E-state index in [4.69, 9.17) is 5.73 Å². The Kier molecular flexibility index (Phi) is 4.72. The summed E-state index contributed by atoms with van der Waals surface area (Å²) >= 11 is 1.49. The number of nitrogens with zero attached hydrogens (tertiary/aromatic N) is 5. The second kappa shape index (κ2) is 6.32. The van der Waals surface area contributed by atoms with Gasteiger partial charge in [0.25, 0.3) is 0 Å². The van der Waals surface area contributed by atoms with Gasteiger partial charge in [0.2, 0.25) is 0 Å². The molecule has 0 aliphatic carbocycles. The lowest BCUT2D eigenvalue weighted by molar-refractivity contribution is 0.480. The fourth-order valence-corrected chi connectivity index (χ4v) is 2.73. The molecule has 2 aromatic rings. The average Bonchev–Trinajstić information content (AvgIpc) is 2.75. The normalized spacial score (nSPS) is 11.3. The van der Waals surface area contributed by atoms with Crippen LogP contribution in [-0.4, -0.2) is 24.7 Å². The van der Waals surface area contributed by atoms with Crippen molar-refractivity contribution in [1.82, 2.24) is 24.7 Å². The maximum atomic E-state index is 5.73. The molecule has 0 amide bonds. The summed E-state index contributed by atoms with van der Waals surface area (Å²) in [6.07, 6.45) is 1.77. The molecule has 0 bridgehead atoms. The maximum absolute atomic E-state index is 5.73. The summed E-state index contributed by atoms with van der Waals surface area (Å²) in [5.74, 6) is 1.31. The molecule has 108 valence electrons. The van der Waals surface area contributed by atoms with Crippen molar-refractivity contribution in [2.45, 2.75) is 51.0 Å². The predicted molar refractivity (Wildman–Crippen MR) is 78.4 cm³/mol. The van der Waals surface area contributed by atoms with E-state index in [0.717, 1.165) is 33.9 Å². The van der Waals surface area contributed by atoms with E-state index in [-0.39, 0.29) is 0 Å². The highest BCUT2D eigenvalue weighted by atomic mass is 32.2. The van der Waals surface area contributed by atoms with Crippen molar-refractivity contribution >= 4 is 11.8 Å². The Balaban J connectivity index is 2.33. The van der Waals surface area contributed by atoms with Crippen LogP contribution in [0.4, 0.5) is 0 Å². The summed E-state index contributed by atoms with van der Waals surface area (Å²) in [7, 11) is 0. The van der Waals surface area contributed by atoms with Crippen LogP contribution in [0.1, 0.15) is 31.1 Å². The lowest BCUT2D eigenvalue weighted by atomic mass is 10.2. The number of nitrogens with two attached hydrogens (primary N) is 1. The minimum atomic E-state index is 0.388. The van der Waals surface area contributed by atoms with Crippen molar-refractivity contribution < 1.29 is 0 Å². The molecule has 7 heteroatoms. The summed E-state index contributed by atoms with van der Waals surface area (Å²) in [5, 5.41) is 10.1. The van der Waals surface area contributed by atoms with E-state index in [9.17, 15) is 0 Å². The highest BCUT2D eigenvalue weighted by Gasteiger charge is 2.15. The van der Waals surface area contributed by atoms with Crippen molar-refractivity contribution in [3.8, 4) is 0 Å².